The zero-order chi connectivity index (χ0) is 18.0. The SMILES string of the molecule is COc1ccc(F)cc1[C@@H](NC(=O)Cn1nnnc1N)C1CC(O)C1. The second kappa shape index (κ2) is 7.01. The molecule has 1 aliphatic carbocycles. The monoisotopic (exact) mass is 350 g/mol. The maximum absolute atomic E-state index is 13.7. The van der Waals surface area contributed by atoms with Crippen molar-refractivity contribution in [2.45, 2.75) is 31.5 Å². The number of anilines is 1. The fourth-order valence-electron chi connectivity index (χ4n) is 2.98. The molecule has 0 bridgehead atoms. The van der Waals surface area contributed by atoms with Crippen molar-refractivity contribution in [1.82, 2.24) is 25.5 Å². The van der Waals surface area contributed by atoms with Crippen LogP contribution in [0.25, 0.3) is 0 Å². The van der Waals surface area contributed by atoms with Gasteiger partial charge in [-0.25, -0.2) is 9.07 Å². The van der Waals surface area contributed by atoms with Crippen molar-refractivity contribution in [1.29, 1.82) is 0 Å². The maximum atomic E-state index is 13.7. The molecule has 10 heteroatoms. The zero-order valence-corrected chi connectivity index (χ0v) is 13.6. The van der Waals surface area contributed by atoms with Gasteiger partial charge in [-0.2, -0.15) is 0 Å². The number of nitrogens with zero attached hydrogens (tertiary/aromatic N) is 4. The van der Waals surface area contributed by atoms with E-state index in [0.717, 1.165) is 4.68 Å². The summed E-state index contributed by atoms with van der Waals surface area (Å²) in [4.78, 5) is 12.4. The van der Waals surface area contributed by atoms with Crippen LogP contribution < -0.4 is 15.8 Å². The first-order valence-corrected chi connectivity index (χ1v) is 7.80. The Morgan fingerprint density at radius 3 is 2.92 bits per heavy atom. The lowest BCUT2D eigenvalue weighted by atomic mass is 9.75. The number of rotatable bonds is 6. The van der Waals surface area contributed by atoms with E-state index in [1.165, 1.54) is 25.3 Å². The summed E-state index contributed by atoms with van der Waals surface area (Å²) in [6.07, 6.45) is 0.606. The minimum Gasteiger partial charge on any atom is -0.496 e. The van der Waals surface area contributed by atoms with Crippen molar-refractivity contribution in [3.63, 3.8) is 0 Å². The summed E-state index contributed by atoms with van der Waals surface area (Å²) in [5.41, 5.74) is 6.08. The molecule has 4 N–H and O–H groups in total. The lowest BCUT2D eigenvalue weighted by Crippen LogP contribution is -2.42. The van der Waals surface area contributed by atoms with E-state index < -0.39 is 18.0 Å². The fraction of sp³-hybridized carbons (Fsp3) is 0.467. The van der Waals surface area contributed by atoms with Gasteiger partial charge in [-0.1, -0.05) is 5.10 Å². The number of halogens is 1. The summed E-state index contributed by atoms with van der Waals surface area (Å²) >= 11 is 0. The molecule has 0 saturated heterocycles. The van der Waals surface area contributed by atoms with Crippen molar-refractivity contribution in [2.75, 3.05) is 12.8 Å². The first-order chi connectivity index (χ1) is 12.0. The normalized spacial score (nSPS) is 20.6. The zero-order valence-electron chi connectivity index (χ0n) is 13.6. The molecule has 3 rings (SSSR count). The molecule has 1 amide bonds. The first-order valence-electron chi connectivity index (χ1n) is 7.80. The largest absolute Gasteiger partial charge is 0.496 e. The van der Waals surface area contributed by atoms with Gasteiger partial charge in [-0.05, 0) is 47.4 Å². The van der Waals surface area contributed by atoms with Crippen LogP contribution in [0.2, 0.25) is 0 Å². The van der Waals surface area contributed by atoms with E-state index in [-0.39, 0.29) is 24.3 Å². The fourth-order valence-corrected chi connectivity index (χ4v) is 2.98. The van der Waals surface area contributed by atoms with Crippen molar-refractivity contribution >= 4 is 11.9 Å². The summed E-state index contributed by atoms with van der Waals surface area (Å²) < 4.78 is 20.2. The molecule has 1 atom stereocenters. The van der Waals surface area contributed by atoms with E-state index in [9.17, 15) is 14.3 Å². The van der Waals surface area contributed by atoms with Crippen LogP contribution in [0.15, 0.2) is 18.2 Å². The van der Waals surface area contributed by atoms with Gasteiger partial charge in [0.1, 0.15) is 18.1 Å². The van der Waals surface area contributed by atoms with Crippen molar-refractivity contribution in [2.24, 2.45) is 5.92 Å². The molecule has 25 heavy (non-hydrogen) atoms. The highest BCUT2D eigenvalue weighted by molar-refractivity contribution is 5.76. The van der Waals surface area contributed by atoms with Crippen LogP contribution in [0.4, 0.5) is 10.3 Å². The Morgan fingerprint density at radius 2 is 2.32 bits per heavy atom. The number of aromatic nitrogens is 4. The van der Waals surface area contributed by atoms with Crippen molar-refractivity contribution in [3.05, 3.63) is 29.6 Å². The topological polar surface area (TPSA) is 128 Å². The lowest BCUT2D eigenvalue weighted by Gasteiger charge is -2.38. The van der Waals surface area contributed by atoms with E-state index in [2.05, 4.69) is 20.8 Å². The second-order valence-corrected chi connectivity index (χ2v) is 6.01. The third kappa shape index (κ3) is 3.68. The lowest BCUT2D eigenvalue weighted by molar-refractivity contribution is -0.123. The van der Waals surface area contributed by atoms with Crippen molar-refractivity contribution in [3.8, 4) is 5.75 Å². The van der Waals surface area contributed by atoms with Crippen LogP contribution in [0, 0.1) is 11.7 Å². The molecular weight excluding hydrogens is 331 g/mol. The van der Waals surface area contributed by atoms with Crippen LogP contribution in [-0.4, -0.2) is 44.4 Å². The van der Waals surface area contributed by atoms with Crippen LogP contribution in [-0.2, 0) is 11.3 Å². The number of amides is 1. The molecule has 9 nitrogen and oxygen atoms in total. The van der Waals surface area contributed by atoms with Gasteiger partial charge in [-0.3, -0.25) is 4.79 Å². The number of aliphatic hydroxyl groups excluding tert-OH is 1. The Balaban J connectivity index is 1.82. The van der Waals surface area contributed by atoms with E-state index >= 15 is 0 Å². The average Bonchev–Trinajstić information content (AvgIpc) is 2.95. The number of carbonyl (C=O) groups excluding carboxylic acids is 1. The van der Waals surface area contributed by atoms with Gasteiger partial charge in [0.25, 0.3) is 0 Å². The van der Waals surface area contributed by atoms with Gasteiger partial charge in [0.2, 0.25) is 11.9 Å². The number of hydrogen-bond donors (Lipinski definition) is 3. The smallest absolute Gasteiger partial charge is 0.242 e. The Morgan fingerprint density at radius 1 is 1.56 bits per heavy atom. The van der Waals surface area contributed by atoms with E-state index in [0.29, 0.717) is 24.2 Å². The quantitative estimate of drug-likeness (QED) is 0.670. The van der Waals surface area contributed by atoms with Crippen LogP contribution >= 0.6 is 0 Å². The number of nitrogens with two attached hydrogens (primary N) is 1. The molecule has 1 fully saturated rings. The second-order valence-electron chi connectivity index (χ2n) is 6.01. The molecule has 1 aromatic carbocycles. The Kier molecular flexibility index (Phi) is 4.79. The maximum Gasteiger partial charge on any atom is 0.242 e. The molecule has 1 aliphatic rings. The molecule has 0 aliphatic heterocycles. The third-order valence-corrected chi connectivity index (χ3v) is 4.32. The molecule has 134 valence electrons. The van der Waals surface area contributed by atoms with Crippen LogP contribution in [0.3, 0.4) is 0 Å². The molecule has 1 saturated carbocycles. The van der Waals surface area contributed by atoms with Gasteiger partial charge < -0.3 is 20.9 Å². The standard InChI is InChI=1S/C15H19FN6O3/c1-25-12-3-2-9(16)6-11(12)14(8-4-10(23)5-8)18-13(24)7-22-15(17)19-20-21-22/h2-3,6,8,10,14,23H,4-5,7H2,1H3,(H,18,24)(H2,17,19,21)/t8?,10?,14-/m0/s1. The number of carbonyl (C=O) groups is 1. The van der Waals surface area contributed by atoms with Gasteiger partial charge in [0.15, 0.2) is 0 Å². The predicted molar refractivity (Wildman–Crippen MR) is 84.8 cm³/mol. The molecule has 0 radical (unpaired) electrons. The van der Waals surface area contributed by atoms with Crippen LogP contribution in [0.5, 0.6) is 5.75 Å². The van der Waals surface area contributed by atoms with Gasteiger partial charge in [0.05, 0.1) is 19.3 Å². The molecule has 0 spiro atoms. The number of methoxy groups -OCH3 is 1. The van der Waals surface area contributed by atoms with E-state index in [1.54, 1.807) is 0 Å². The minimum atomic E-state index is -0.501. The van der Waals surface area contributed by atoms with Crippen molar-refractivity contribution < 1.29 is 19.0 Å². The minimum absolute atomic E-state index is 0.0223. The summed E-state index contributed by atoms with van der Waals surface area (Å²) in [5, 5.41) is 23.0. The van der Waals surface area contributed by atoms with Gasteiger partial charge in [0, 0.05) is 5.56 Å². The highest BCUT2D eigenvalue weighted by atomic mass is 19.1. The number of aliphatic hydroxyl groups is 1. The Hall–Kier alpha value is -2.75. The molecule has 1 heterocycles. The van der Waals surface area contributed by atoms with E-state index in [4.69, 9.17) is 10.5 Å². The number of nitrogen functional groups attached to an aromatic ring is 1. The Labute approximate surface area is 143 Å². The summed E-state index contributed by atoms with van der Waals surface area (Å²) in [6.45, 7) is -0.164. The number of hydrogen-bond acceptors (Lipinski definition) is 7. The number of ether oxygens (including phenoxy) is 1. The molecule has 1 aromatic heterocycles. The van der Waals surface area contributed by atoms with Crippen LogP contribution in [0.1, 0.15) is 24.4 Å². The Bertz CT molecular complexity index is 761. The molecule has 2 aromatic rings. The van der Waals surface area contributed by atoms with Gasteiger partial charge in [-0.15, -0.1) is 0 Å². The van der Waals surface area contributed by atoms with E-state index in [1.807, 2.05) is 0 Å². The summed E-state index contributed by atoms with van der Waals surface area (Å²) in [5.74, 6) is -0.346. The first kappa shape index (κ1) is 17.1. The summed E-state index contributed by atoms with van der Waals surface area (Å²) in [7, 11) is 1.48. The summed E-state index contributed by atoms with van der Waals surface area (Å²) in [6, 6.07) is 3.63. The number of nitrogens with one attached hydrogen (secondary N) is 1. The highest BCUT2D eigenvalue weighted by Gasteiger charge is 2.37. The number of benzene rings is 1. The highest BCUT2D eigenvalue weighted by Crippen LogP contribution is 2.41. The predicted octanol–water partition coefficient (Wildman–Crippen LogP) is 0.0314. The average molecular weight is 350 g/mol. The van der Waals surface area contributed by atoms with Gasteiger partial charge >= 0.3 is 0 Å². The molecular formula is C15H19FN6O3. The third-order valence-electron chi connectivity index (χ3n) is 4.32. The number of tetrazole rings is 1. The molecule has 0 unspecified atom stereocenters.